The molecule has 5 heteroatoms. The van der Waals surface area contributed by atoms with Crippen LogP contribution in [0.25, 0.3) is 0 Å². The molecule has 0 fully saturated rings. The Bertz CT molecular complexity index is 332. The maximum Gasteiger partial charge on any atom is 0.602 e. The fraction of sp³-hybridized carbons (Fsp3) is 0. The van der Waals surface area contributed by atoms with E-state index >= 15 is 0 Å². The minimum atomic E-state index is -2.54. The third kappa shape index (κ3) is 2.10. The van der Waals surface area contributed by atoms with E-state index in [0.717, 1.165) is 18.4 Å². The molecule has 0 saturated heterocycles. The molecule has 0 radical (unpaired) electrons. The zero-order chi connectivity index (χ0) is 9.84. The second kappa shape index (κ2) is 4.10. The van der Waals surface area contributed by atoms with Crippen LogP contribution in [0.4, 0.5) is 8.78 Å². The highest BCUT2D eigenvalue weighted by Crippen LogP contribution is 2.24. The smallest absolute Gasteiger partial charge is 0.259 e. The molecule has 0 aliphatic rings. The van der Waals surface area contributed by atoms with Gasteiger partial charge in [0.1, 0.15) is 6.26 Å². The maximum absolute atomic E-state index is 12.9. The van der Waals surface area contributed by atoms with Crippen molar-refractivity contribution in [3.05, 3.63) is 42.7 Å². The first-order valence-electron chi connectivity index (χ1n) is 3.35. The van der Waals surface area contributed by atoms with Gasteiger partial charge in [0.2, 0.25) is 0 Å². The zero-order valence-corrected chi connectivity index (χ0v) is 7.43. The molecule has 1 rings (SSSR count). The molecule has 0 heterocycles. The molecule has 0 aliphatic carbocycles. The number of hydrogen-bond acceptors (Lipinski definition) is 2. The van der Waals surface area contributed by atoms with Crippen molar-refractivity contribution in [2.75, 3.05) is 0 Å². The molecule has 13 heavy (non-hydrogen) atoms. The van der Waals surface area contributed by atoms with E-state index in [9.17, 15) is 13.3 Å². The summed E-state index contributed by atoms with van der Waals surface area (Å²) in [4.78, 5) is 0. The van der Waals surface area contributed by atoms with Gasteiger partial charge in [-0.25, -0.2) is 8.78 Å². The molecular formula is C8H6F2O2P+. The summed E-state index contributed by atoms with van der Waals surface area (Å²) in [5.41, 5.74) is 0. The van der Waals surface area contributed by atoms with E-state index in [1.807, 2.05) is 0 Å². The third-order valence-corrected chi connectivity index (χ3v) is 2.42. The minimum absolute atomic E-state index is 0.558. The van der Waals surface area contributed by atoms with Crippen molar-refractivity contribution in [3.63, 3.8) is 0 Å². The fourth-order valence-corrected chi connectivity index (χ4v) is 1.52. The SMILES string of the molecule is C=CO[P+](=O)c1c(F)cccc1F. The Morgan fingerprint density at radius 1 is 1.38 bits per heavy atom. The maximum atomic E-state index is 12.9. The Hall–Kier alpha value is -1.28. The van der Waals surface area contributed by atoms with E-state index < -0.39 is 25.0 Å². The van der Waals surface area contributed by atoms with Crippen LogP contribution in [0.3, 0.4) is 0 Å². The summed E-state index contributed by atoms with van der Waals surface area (Å²) in [6.45, 7) is 3.13. The summed E-state index contributed by atoms with van der Waals surface area (Å²) in [7, 11) is -2.54. The standard InChI is InChI=1S/C8H6F2O2P/c1-2-12-13(11)8-6(9)4-3-5-7(8)10/h2-5H,1H2/q+1. The first kappa shape index (κ1) is 9.81. The van der Waals surface area contributed by atoms with E-state index in [1.54, 1.807) is 0 Å². The molecule has 0 N–H and O–H groups in total. The van der Waals surface area contributed by atoms with Crippen LogP contribution in [-0.2, 0) is 9.09 Å². The van der Waals surface area contributed by atoms with Crippen molar-refractivity contribution in [3.8, 4) is 0 Å². The number of benzene rings is 1. The lowest BCUT2D eigenvalue weighted by Gasteiger charge is -1.90. The lowest BCUT2D eigenvalue weighted by atomic mass is 10.3. The Kier molecular flexibility index (Phi) is 3.09. The largest absolute Gasteiger partial charge is 0.602 e. The van der Waals surface area contributed by atoms with Gasteiger partial charge in [0, 0.05) is 0 Å². The molecule has 1 unspecified atom stereocenters. The quantitative estimate of drug-likeness (QED) is 0.557. The van der Waals surface area contributed by atoms with Crippen molar-refractivity contribution < 1.29 is 17.9 Å². The van der Waals surface area contributed by atoms with Gasteiger partial charge in [-0.05, 0) is 16.7 Å². The Balaban J connectivity index is 3.12. The average Bonchev–Trinajstić information content (AvgIpc) is 2.04. The van der Waals surface area contributed by atoms with E-state index in [4.69, 9.17) is 0 Å². The van der Waals surface area contributed by atoms with Crippen LogP contribution >= 0.6 is 8.03 Å². The highest BCUT2D eigenvalue weighted by atomic mass is 31.1. The molecule has 1 aromatic carbocycles. The number of hydrogen-bond donors (Lipinski definition) is 0. The van der Waals surface area contributed by atoms with Crippen LogP contribution in [0.1, 0.15) is 0 Å². The second-order valence-corrected chi connectivity index (χ2v) is 3.27. The number of rotatable bonds is 3. The molecule has 1 aromatic rings. The first-order valence-corrected chi connectivity index (χ1v) is 4.53. The van der Waals surface area contributed by atoms with Crippen LogP contribution in [0, 0.1) is 11.6 Å². The lowest BCUT2D eigenvalue weighted by molar-refractivity contribution is 0.469. The molecule has 0 bridgehead atoms. The molecule has 0 aromatic heterocycles. The normalized spacial score (nSPS) is 10.8. The summed E-state index contributed by atoms with van der Waals surface area (Å²) >= 11 is 0. The van der Waals surface area contributed by atoms with E-state index in [1.165, 1.54) is 6.07 Å². The van der Waals surface area contributed by atoms with Gasteiger partial charge >= 0.3 is 13.3 Å². The zero-order valence-electron chi connectivity index (χ0n) is 6.54. The van der Waals surface area contributed by atoms with Crippen LogP contribution < -0.4 is 5.30 Å². The van der Waals surface area contributed by atoms with Crippen molar-refractivity contribution in [1.82, 2.24) is 0 Å². The van der Waals surface area contributed by atoms with Gasteiger partial charge in [-0.3, -0.25) is 4.52 Å². The van der Waals surface area contributed by atoms with Gasteiger partial charge in [0.25, 0.3) is 0 Å². The van der Waals surface area contributed by atoms with Gasteiger partial charge in [-0.1, -0.05) is 12.6 Å². The second-order valence-electron chi connectivity index (χ2n) is 2.10. The Morgan fingerprint density at radius 2 is 1.92 bits per heavy atom. The van der Waals surface area contributed by atoms with Gasteiger partial charge in [-0.2, -0.15) is 0 Å². The predicted molar refractivity (Wildman–Crippen MR) is 44.9 cm³/mol. The molecule has 0 amide bonds. The first-order chi connectivity index (χ1) is 6.16. The molecule has 0 saturated carbocycles. The molecule has 68 valence electrons. The highest BCUT2D eigenvalue weighted by molar-refractivity contribution is 7.48. The summed E-state index contributed by atoms with van der Waals surface area (Å²) in [6.07, 6.45) is 0.880. The van der Waals surface area contributed by atoms with E-state index in [2.05, 4.69) is 11.1 Å². The summed E-state index contributed by atoms with van der Waals surface area (Å²) in [5.74, 6) is -1.77. The van der Waals surface area contributed by atoms with Crippen LogP contribution in [0.5, 0.6) is 0 Å². The molecular weight excluding hydrogens is 197 g/mol. The lowest BCUT2D eigenvalue weighted by Crippen LogP contribution is -2.08. The molecule has 0 spiro atoms. The van der Waals surface area contributed by atoms with Crippen molar-refractivity contribution in [2.45, 2.75) is 0 Å². The summed E-state index contributed by atoms with van der Waals surface area (Å²) in [6, 6.07) is 3.21. The van der Waals surface area contributed by atoms with Crippen molar-refractivity contribution in [1.29, 1.82) is 0 Å². The monoisotopic (exact) mass is 203 g/mol. The van der Waals surface area contributed by atoms with Gasteiger partial charge < -0.3 is 0 Å². The Morgan fingerprint density at radius 3 is 2.38 bits per heavy atom. The van der Waals surface area contributed by atoms with Crippen LogP contribution in [0.15, 0.2) is 31.0 Å². The van der Waals surface area contributed by atoms with Gasteiger partial charge in [0.05, 0.1) is 0 Å². The van der Waals surface area contributed by atoms with E-state index in [0.29, 0.717) is 0 Å². The van der Waals surface area contributed by atoms with Crippen molar-refractivity contribution in [2.24, 2.45) is 0 Å². The van der Waals surface area contributed by atoms with Crippen LogP contribution in [-0.4, -0.2) is 0 Å². The summed E-state index contributed by atoms with van der Waals surface area (Å²) in [5, 5.41) is -0.558. The predicted octanol–water partition coefficient (Wildman–Crippen LogP) is 2.49. The molecule has 2 nitrogen and oxygen atoms in total. The third-order valence-electron chi connectivity index (χ3n) is 1.29. The highest BCUT2D eigenvalue weighted by Gasteiger charge is 2.31. The average molecular weight is 203 g/mol. The van der Waals surface area contributed by atoms with E-state index in [-0.39, 0.29) is 0 Å². The molecule has 0 aliphatic heterocycles. The molecule has 1 atom stereocenters. The van der Waals surface area contributed by atoms with Gasteiger partial charge in [0.15, 0.2) is 11.6 Å². The van der Waals surface area contributed by atoms with Gasteiger partial charge in [-0.15, -0.1) is 0 Å². The fourth-order valence-electron chi connectivity index (χ4n) is 0.784. The summed E-state index contributed by atoms with van der Waals surface area (Å²) < 4.78 is 41.2. The topological polar surface area (TPSA) is 26.3 Å². The van der Waals surface area contributed by atoms with Crippen molar-refractivity contribution >= 4 is 13.3 Å². The minimum Gasteiger partial charge on any atom is -0.259 e. The van der Waals surface area contributed by atoms with Crippen LogP contribution in [0.2, 0.25) is 0 Å². The number of halogens is 2. The Labute approximate surface area is 74.7 Å².